The first-order valence-electron chi connectivity index (χ1n) is 7.85. The van der Waals surface area contributed by atoms with E-state index in [2.05, 4.69) is 5.32 Å². The van der Waals surface area contributed by atoms with E-state index in [1.807, 2.05) is 57.2 Å². The van der Waals surface area contributed by atoms with Crippen LogP contribution in [0.1, 0.15) is 16.7 Å². The Balaban J connectivity index is 1.80. The van der Waals surface area contributed by atoms with Crippen molar-refractivity contribution in [3.8, 4) is 5.75 Å². The summed E-state index contributed by atoms with van der Waals surface area (Å²) < 4.78 is 5.43. The molecule has 0 spiro atoms. The second-order valence-electron chi connectivity index (χ2n) is 6.04. The summed E-state index contributed by atoms with van der Waals surface area (Å²) in [6.07, 6.45) is 0. The maximum absolute atomic E-state index is 12.4. The van der Waals surface area contributed by atoms with Crippen LogP contribution in [0.25, 0.3) is 0 Å². The number of carbonyl (C=O) groups is 2. The van der Waals surface area contributed by atoms with Gasteiger partial charge in [0.25, 0.3) is 5.91 Å². The number of hydrogen-bond donors (Lipinski definition) is 1. The number of nitrogens with zero attached hydrogens (tertiary/aromatic N) is 1. The van der Waals surface area contributed by atoms with Crippen LogP contribution < -0.4 is 15.0 Å². The highest BCUT2D eigenvalue weighted by Gasteiger charge is 2.27. The summed E-state index contributed by atoms with van der Waals surface area (Å²) in [6.45, 7) is 5.81. The Morgan fingerprint density at radius 3 is 2.79 bits per heavy atom. The van der Waals surface area contributed by atoms with Crippen molar-refractivity contribution in [2.75, 3.05) is 23.4 Å². The summed E-state index contributed by atoms with van der Waals surface area (Å²) in [7, 11) is 0. The highest BCUT2D eigenvalue weighted by molar-refractivity contribution is 6.05. The number of anilines is 2. The first kappa shape index (κ1) is 16.1. The Labute approximate surface area is 141 Å². The number of aryl methyl sites for hydroxylation is 2. The van der Waals surface area contributed by atoms with Gasteiger partial charge in [-0.25, -0.2) is 0 Å². The van der Waals surface area contributed by atoms with E-state index in [1.165, 1.54) is 4.90 Å². The molecule has 0 radical (unpaired) electrons. The first-order chi connectivity index (χ1) is 11.5. The van der Waals surface area contributed by atoms with Crippen LogP contribution in [0.3, 0.4) is 0 Å². The smallest absolute Gasteiger partial charge is 0.265 e. The zero-order chi connectivity index (χ0) is 17.3. The molecule has 5 nitrogen and oxygen atoms in total. The van der Waals surface area contributed by atoms with E-state index >= 15 is 0 Å². The van der Waals surface area contributed by atoms with Crippen molar-refractivity contribution in [1.82, 2.24) is 0 Å². The third-order valence-corrected chi connectivity index (χ3v) is 4.24. The molecule has 0 saturated heterocycles. The van der Waals surface area contributed by atoms with E-state index in [4.69, 9.17) is 4.74 Å². The van der Waals surface area contributed by atoms with Crippen molar-refractivity contribution in [3.05, 3.63) is 53.1 Å². The Hall–Kier alpha value is -2.82. The molecule has 2 amide bonds. The van der Waals surface area contributed by atoms with Crippen molar-refractivity contribution < 1.29 is 14.3 Å². The number of fused-ring (bicyclic) bond motifs is 1. The lowest BCUT2D eigenvalue weighted by molar-refractivity contribution is -0.123. The van der Waals surface area contributed by atoms with Crippen molar-refractivity contribution in [3.63, 3.8) is 0 Å². The van der Waals surface area contributed by atoms with Crippen molar-refractivity contribution in [2.24, 2.45) is 0 Å². The highest BCUT2D eigenvalue weighted by atomic mass is 16.5. The molecular formula is C19H20N2O3. The minimum atomic E-state index is -0.230. The van der Waals surface area contributed by atoms with Crippen LogP contribution in [-0.4, -0.2) is 25.0 Å². The maximum Gasteiger partial charge on any atom is 0.265 e. The van der Waals surface area contributed by atoms with E-state index < -0.39 is 0 Å². The average molecular weight is 324 g/mol. The van der Waals surface area contributed by atoms with Gasteiger partial charge in [-0.2, -0.15) is 0 Å². The number of hydrogen-bond acceptors (Lipinski definition) is 3. The second-order valence-corrected chi connectivity index (χ2v) is 6.04. The van der Waals surface area contributed by atoms with Gasteiger partial charge in [-0.15, -0.1) is 0 Å². The van der Waals surface area contributed by atoms with Gasteiger partial charge in [0.05, 0.1) is 5.69 Å². The summed E-state index contributed by atoms with van der Waals surface area (Å²) in [5.41, 5.74) is 4.55. The molecule has 0 aliphatic carbocycles. The van der Waals surface area contributed by atoms with Gasteiger partial charge in [0.15, 0.2) is 6.61 Å². The Morgan fingerprint density at radius 1 is 1.21 bits per heavy atom. The average Bonchev–Trinajstić information content (AvgIpc) is 2.55. The molecule has 1 aliphatic rings. The van der Waals surface area contributed by atoms with E-state index in [-0.39, 0.29) is 25.0 Å². The second kappa shape index (κ2) is 6.35. The fraction of sp³-hybridized carbons (Fsp3) is 0.263. The van der Waals surface area contributed by atoms with Gasteiger partial charge in [0, 0.05) is 5.69 Å². The molecule has 0 bridgehead atoms. The highest BCUT2D eigenvalue weighted by Crippen LogP contribution is 2.32. The molecule has 0 fully saturated rings. The van der Waals surface area contributed by atoms with Crippen molar-refractivity contribution >= 4 is 23.2 Å². The van der Waals surface area contributed by atoms with Gasteiger partial charge in [-0.05, 0) is 55.7 Å². The topological polar surface area (TPSA) is 58.6 Å². The summed E-state index contributed by atoms with van der Waals surface area (Å²) in [4.78, 5) is 26.1. The molecular weight excluding hydrogens is 304 g/mol. The van der Waals surface area contributed by atoms with E-state index in [1.54, 1.807) is 0 Å². The summed E-state index contributed by atoms with van der Waals surface area (Å²) >= 11 is 0. The van der Waals surface area contributed by atoms with Crippen molar-refractivity contribution in [2.45, 2.75) is 20.8 Å². The maximum atomic E-state index is 12.4. The van der Waals surface area contributed by atoms with Crippen LogP contribution in [0.5, 0.6) is 5.75 Å². The molecule has 0 aromatic heterocycles. The third-order valence-electron chi connectivity index (χ3n) is 4.24. The zero-order valence-corrected chi connectivity index (χ0v) is 14.1. The predicted molar refractivity (Wildman–Crippen MR) is 93.6 cm³/mol. The van der Waals surface area contributed by atoms with Gasteiger partial charge in [-0.1, -0.05) is 18.2 Å². The monoisotopic (exact) mass is 324 g/mol. The molecule has 2 aromatic carbocycles. The molecule has 1 N–H and O–H groups in total. The molecule has 2 aromatic rings. The number of rotatable bonds is 3. The minimum absolute atomic E-state index is 0.0357. The number of nitrogens with one attached hydrogen (secondary N) is 1. The van der Waals surface area contributed by atoms with Gasteiger partial charge in [0.1, 0.15) is 12.3 Å². The lowest BCUT2D eigenvalue weighted by Crippen LogP contribution is -2.43. The molecule has 0 atom stereocenters. The molecule has 0 saturated carbocycles. The molecule has 1 heterocycles. The van der Waals surface area contributed by atoms with Crippen LogP contribution in [0, 0.1) is 20.8 Å². The van der Waals surface area contributed by atoms with E-state index in [9.17, 15) is 9.59 Å². The van der Waals surface area contributed by atoms with Crippen LogP contribution >= 0.6 is 0 Å². The fourth-order valence-electron chi connectivity index (χ4n) is 2.71. The normalized spacial score (nSPS) is 13.3. The lowest BCUT2D eigenvalue weighted by atomic mass is 10.1. The third kappa shape index (κ3) is 3.11. The van der Waals surface area contributed by atoms with Crippen LogP contribution in [-0.2, 0) is 9.59 Å². The van der Waals surface area contributed by atoms with Gasteiger partial charge < -0.3 is 10.1 Å². The minimum Gasteiger partial charge on any atom is -0.482 e. The Kier molecular flexibility index (Phi) is 4.25. The van der Waals surface area contributed by atoms with Crippen LogP contribution in [0.15, 0.2) is 36.4 Å². The Morgan fingerprint density at radius 2 is 2.00 bits per heavy atom. The SMILES string of the molecule is Cc1ccc2c(c1)N(CC(=O)Nc1cccc(C)c1C)C(=O)CO2. The number of carbonyl (C=O) groups excluding carboxylic acids is 2. The largest absolute Gasteiger partial charge is 0.482 e. The molecule has 5 heteroatoms. The summed E-state index contributed by atoms with van der Waals surface area (Å²) in [5.74, 6) is 0.176. The van der Waals surface area contributed by atoms with Gasteiger partial charge >= 0.3 is 0 Å². The van der Waals surface area contributed by atoms with Crippen LogP contribution in [0.2, 0.25) is 0 Å². The molecule has 124 valence electrons. The standard InChI is InChI=1S/C19H20N2O3/c1-12-7-8-17-16(9-12)21(19(23)11-24-17)10-18(22)20-15-6-4-5-13(2)14(15)3/h4-9H,10-11H2,1-3H3,(H,20,22). The first-order valence-corrected chi connectivity index (χ1v) is 7.85. The van der Waals surface area contributed by atoms with Crippen molar-refractivity contribution in [1.29, 1.82) is 0 Å². The van der Waals surface area contributed by atoms with E-state index in [0.717, 1.165) is 22.4 Å². The number of amides is 2. The van der Waals surface area contributed by atoms with E-state index in [0.29, 0.717) is 11.4 Å². The fourth-order valence-corrected chi connectivity index (χ4v) is 2.71. The lowest BCUT2D eigenvalue weighted by Gasteiger charge is -2.29. The number of ether oxygens (including phenoxy) is 1. The predicted octanol–water partition coefficient (Wildman–Crippen LogP) is 2.98. The van der Waals surface area contributed by atoms with Crippen LogP contribution in [0.4, 0.5) is 11.4 Å². The molecule has 1 aliphatic heterocycles. The summed E-state index contributed by atoms with van der Waals surface area (Å²) in [6, 6.07) is 11.4. The number of benzene rings is 2. The summed E-state index contributed by atoms with van der Waals surface area (Å²) in [5, 5.41) is 2.89. The van der Waals surface area contributed by atoms with Gasteiger partial charge in [-0.3, -0.25) is 14.5 Å². The molecule has 24 heavy (non-hydrogen) atoms. The zero-order valence-electron chi connectivity index (χ0n) is 14.1. The molecule has 3 rings (SSSR count). The quantitative estimate of drug-likeness (QED) is 0.944. The molecule has 0 unspecified atom stereocenters. The van der Waals surface area contributed by atoms with Gasteiger partial charge in [0.2, 0.25) is 5.91 Å². The Bertz CT molecular complexity index is 814.